The van der Waals surface area contributed by atoms with Gasteiger partial charge in [0.2, 0.25) is 5.91 Å². The fourth-order valence-corrected chi connectivity index (χ4v) is 14.8. The van der Waals surface area contributed by atoms with E-state index in [4.69, 9.17) is 28.4 Å². The van der Waals surface area contributed by atoms with Crippen LogP contribution in [0.25, 0.3) is 0 Å². The molecule has 0 bridgehead atoms. The molecule has 0 aromatic carbocycles. The van der Waals surface area contributed by atoms with Crippen LogP contribution in [0.4, 0.5) is 0 Å². The second kappa shape index (κ2) is 66.4. The van der Waals surface area contributed by atoms with Gasteiger partial charge in [0.25, 0.3) is 0 Å². The average Bonchev–Trinajstić information content (AvgIpc) is 0.780. The molecule has 12 N–H and O–H groups in total. The Balaban J connectivity index is 1.29. The van der Waals surface area contributed by atoms with Gasteiger partial charge in [-0.3, -0.25) is 4.79 Å². The standard InChI is InChI=1S/C86H159NO18/c1-3-5-7-9-11-13-15-17-19-21-23-25-26-27-28-29-30-31-32-33-34-35-36-37-38-39-40-41-42-44-46-48-50-52-54-56-58-60-62-64-74(92)87-69(70(91)63-61-59-57-55-53-51-49-47-45-43-24-22-20-18-16-14-12-10-8-6-4-2)68-100-84-80(98)77(95)82(72(66-89)102-84)105-86-81(99)78(96)83(73(67-90)103-86)104-85-79(97)76(94)75(93)71(65-88)101-85/h5,7,11,13,17,19,23,25,69-73,75-86,88-91,93-99H,3-4,6,8-10,12,14-16,18,20-22,24,26-68H2,1-2H3,(H,87,92)/b7-5-,13-11-,19-17-,25-23-. The van der Waals surface area contributed by atoms with E-state index in [1.54, 1.807) is 0 Å². The fraction of sp³-hybridized carbons (Fsp3) is 0.895. The summed E-state index contributed by atoms with van der Waals surface area (Å²) >= 11 is 0. The van der Waals surface area contributed by atoms with Crippen LogP contribution in [0.1, 0.15) is 361 Å². The molecule has 0 aromatic heterocycles. The number of aliphatic hydroxyl groups is 11. The molecule has 3 fully saturated rings. The molecule has 3 saturated heterocycles. The van der Waals surface area contributed by atoms with Crippen LogP contribution >= 0.6 is 0 Å². The van der Waals surface area contributed by atoms with E-state index in [1.807, 2.05) is 0 Å². The van der Waals surface area contributed by atoms with E-state index in [-0.39, 0.29) is 18.9 Å². The summed E-state index contributed by atoms with van der Waals surface area (Å²) in [5.74, 6) is -0.235. The molecule has 0 aliphatic carbocycles. The van der Waals surface area contributed by atoms with Gasteiger partial charge in [-0.25, -0.2) is 0 Å². The van der Waals surface area contributed by atoms with Gasteiger partial charge in [-0.05, 0) is 51.4 Å². The molecule has 0 spiro atoms. The Kier molecular flexibility index (Phi) is 61.3. The summed E-state index contributed by atoms with van der Waals surface area (Å²) in [7, 11) is 0. The molecule has 0 radical (unpaired) electrons. The van der Waals surface area contributed by atoms with Crippen molar-refractivity contribution >= 4 is 5.91 Å². The summed E-state index contributed by atoms with van der Waals surface area (Å²) in [5, 5.41) is 121. The quantitative estimate of drug-likeness (QED) is 0.0199. The highest BCUT2D eigenvalue weighted by Gasteiger charge is 2.54. The third kappa shape index (κ3) is 45.8. The summed E-state index contributed by atoms with van der Waals surface area (Å²) in [5.41, 5.74) is 0. The lowest BCUT2D eigenvalue weighted by Crippen LogP contribution is -2.66. The number of unbranched alkanes of at least 4 members (excludes halogenated alkanes) is 46. The molecular formula is C86H159NO18. The van der Waals surface area contributed by atoms with Crippen LogP contribution in [0.3, 0.4) is 0 Å². The highest BCUT2D eigenvalue weighted by Crippen LogP contribution is 2.34. The summed E-state index contributed by atoms with van der Waals surface area (Å²) < 4.78 is 34.6. The second-order valence-corrected chi connectivity index (χ2v) is 31.0. The number of hydrogen-bond acceptors (Lipinski definition) is 18. The van der Waals surface area contributed by atoms with E-state index < -0.39 is 124 Å². The number of hydrogen-bond donors (Lipinski definition) is 12. The first kappa shape index (κ1) is 96.9. The van der Waals surface area contributed by atoms with Gasteiger partial charge in [0.05, 0.1) is 38.6 Å². The number of carbonyl (C=O) groups is 1. The largest absolute Gasteiger partial charge is 0.394 e. The van der Waals surface area contributed by atoms with Crippen molar-refractivity contribution in [3.8, 4) is 0 Å². The van der Waals surface area contributed by atoms with Gasteiger partial charge >= 0.3 is 0 Å². The maximum absolute atomic E-state index is 13.5. The molecule has 3 rings (SSSR count). The first-order valence-corrected chi connectivity index (χ1v) is 43.4. The van der Waals surface area contributed by atoms with E-state index in [9.17, 15) is 61.0 Å². The molecule has 0 saturated carbocycles. The fourth-order valence-electron chi connectivity index (χ4n) is 14.8. The summed E-state index contributed by atoms with van der Waals surface area (Å²) in [6.07, 6.45) is 57.9. The molecular weight excluding hydrogens is 1330 g/mol. The zero-order valence-electron chi connectivity index (χ0n) is 66.2. The molecule has 0 aromatic rings. The smallest absolute Gasteiger partial charge is 0.220 e. The number of allylic oxidation sites excluding steroid dienone is 8. The Morgan fingerprint density at radius 1 is 0.352 bits per heavy atom. The van der Waals surface area contributed by atoms with Gasteiger partial charge in [-0.15, -0.1) is 0 Å². The first-order chi connectivity index (χ1) is 51.3. The highest BCUT2D eigenvalue weighted by molar-refractivity contribution is 5.76. The van der Waals surface area contributed by atoms with E-state index in [0.717, 1.165) is 70.6 Å². The molecule has 105 heavy (non-hydrogen) atoms. The van der Waals surface area contributed by atoms with Crippen molar-refractivity contribution in [2.45, 2.75) is 465 Å². The lowest BCUT2D eigenvalue weighted by molar-refractivity contribution is -0.379. The highest BCUT2D eigenvalue weighted by atomic mass is 16.8. The molecule has 19 heteroatoms. The van der Waals surface area contributed by atoms with Crippen LogP contribution in [-0.2, 0) is 33.2 Å². The molecule has 3 aliphatic heterocycles. The van der Waals surface area contributed by atoms with E-state index in [0.29, 0.717) is 12.8 Å². The second-order valence-electron chi connectivity index (χ2n) is 31.0. The van der Waals surface area contributed by atoms with E-state index in [2.05, 4.69) is 67.8 Å². The van der Waals surface area contributed by atoms with Crippen LogP contribution in [0.15, 0.2) is 48.6 Å². The van der Waals surface area contributed by atoms with Crippen molar-refractivity contribution < 1.29 is 89.4 Å². The molecule has 616 valence electrons. The van der Waals surface area contributed by atoms with Gasteiger partial charge in [0.1, 0.15) is 73.2 Å². The molecule has 17 atom stereocenters. The number of aliphatic hydroxyl groups excluding tert-OH is 11. The maximum atomic E-state index is 13.5. The van der Waals surface area contributed by atoms with Crippen molar-refractivity contribution in [1.82, 2.24) is 5.32 Å². The third-order valence-electron chi connectivity index (χ3n) is 21.7. The Bertz CT molecular complexity index is 2080. The van der Waals surface area contributed by atoms with Gasteiger partial charge < -0.3 is 89.9 Å². The normalized spacial score (nSPS) is 26.0. The minimum absolute atomic E-state index is 0.235. The van der Waals surface area contributed by atoms with E-state index >= 15 is 0 Å². The van der Waals surface area contributed by atoms with Crippen molar-refractivity contribution in [2.24, 2.45) is 0 Å². The van der Waals surface area contributed by atoms with Crippen molar-refractivity contribution in [3.63, 3.8) is 0 Å². The maximum Gasteiger partial charge on any atom is 0.220 e. The number of rotatable bonds is 70. The average molecular weight is 1500 g/mol. The number of carbonyl (C=O) groups excluding carboxylic acids is 1. The SMILES string of the molecule is CC/C=C\C/C=C\C/C=C\C/C=C\CCCCCCCCCCCCCCCCCCCCCCCCCCCCC(=O)NC(COC1OC(CO)C(OC2OC(CO)C(OC3OC(CO)C(O)C(O)C3O)C(O)C2O)C(O)C1O)C(O)CCCCCCCCCCCCCCCCCCCCCCC. The van der Waals surface area contributed by atoms with Crippen LogP contribution in [0.2, 0.25) is 0 Å². The third-order valence-corrected chi connectivity index (χ3v) is 21.7. The predicted molar refractivity (Wildman–Crippen MR) is 420 cm³/mol. The van der Waals surface area contributed by atoms with Gasteiger partial charge in [0.15, 0.2) is 18.9 Å². The van der Waals surface area contributed by atoms with Crippen molar-refractivity contribution in [2.75, 3.05) is 26.4 Å². The number of amides is 1. The molecule has 19 nitrogen and oxygen atoms in total. The van der Waals surface area contributed by atoms with Crippen LogP contribution < -0.4 is 5.32 Å². The van der Waals surface area contributed by atoms with Crippen LogP contribution in [0, 0.1) is 0 Å². The van der Waals surface area contributed by atoms with Crippen LogP contribution in [-0.4, -0.2) is 193 Å². The lowest BCUT2D eigenvalue weighted by Gasteiger charge is -2.48. The molecule has 3 aliphatic rings. The summed E-state index contributed by atoms with van der Waals surface area (Å²) in [4.78, 5) is 13.5. The molecule has 1 amide bonds. The summed E-state index contributed by atoms with van der Waals surface area (Å²) in [6.45, 7) is 1.75. The van der Waals surface area contributed by atoms with Gasteiger partial charge in [-0.1, -0.05) is 351 Å². The Hall–Kier alpha value is -2.25. The van der Waals surface area contributed by atoms with Gasteiger partial charge in [-0.2, -0.15) is 0 Å². The number of ether oxygens (including phenoxy) is 6. The number of nitrogens with one attached hydrogen (secondary N) is 1. The Morgan fingerprint density at radius 3 is 1.03 bits per heavy atom. The van der Waals surface area contributed by atoms with Crippen molar-refractivity contribution in [1.29, 1.82) is 0 Å². The lowest BCUT2D eigenvalue weighted by atomic mass is 9.96. The Morgan fingerprint density at radius 2 is 0.657 bits per heavy atom. The van der Waals surface area contributed by atoms with Gasteiger partial charge in [0, 0.05) is 6.42 Å². The minimum atomic E-state index is -1.97. The first-order valence-electron chi connectivity index (χ1n) is 43.4. The minimum Gasteiger partial charge on any atom is -0.394 e. The van der Waals surface area contributed by atoms with E-state index in [1.165, 1.54) is 257 Å². The zero-order chi connectivity index (χ0) is 76.0. The predicted octanol–water partition coefficient (Wildman–Crippen LogP) is 15.6. The molecule has 17 unspecified atom stereocenters. The topological polar surface area (TPSA) is 307 Å². The Labute approximate surface area is 637 Å². The monoisotopic (exact) mass is 1490 g/mol. The van der Waals surface area contributed by atoms with Crippen LogP contribution in [0.5, 0.6) is 0 Å². The van der Waals surface area contributed by atoms with Crippen molar-refractivity contribution in [3.05, 3.63) is 48.6 Å². The summed E-state index contributed by atoms with van der Waals surface area (Å²) in [6, 6.07) is -0.887. The zero-order valence-corrected chi connectivity index (χ0v) is 66.2. The molecule has 3 heterocycles.